The van der Waals surface area contributed by atoms with Crippen molar-refractivity contribution in [1.29, 1.82) is 0 Å². The van der Waals surface area contributed by atoms with Gasteiger partial charge in [0.05, 0.1) is 23.5 Å². The van der Waals surface area contributed by atoms with Gasteiger partial charge in [0.15, 0.2) is 0 Å². The standard InChI is InChI=1S/C20H22N4O5S2/c1-3-14-4-5-15(12-17(14)31(27,28)23-7-9-29-10-8-23)18(25)22-24-13(2)21-19-16(20(24)26)6-11-30-19/h4-6,11-12H,3,7-10H2,1-2H3,(H,22,25). The summed E-state index contributed by atoms with van der Waals surface area (Å²) in [6.07, 6.45) is 0.498. The quantitative estimate of drug-likeness (QED) is 0.618. The van der Waals surface area contributed by atoms with Crippen molar-refractivity contribution in [3.63, 3.8) is 0 Å². The van der Waals surface area contributed by atoms with E-state index < -0.39 is 15.9 Å². The number of ether oxygens (including phenoxy) is 1. The van der Waals surface area contributed by atoms with E-state index in [1.807, 2.05) is 6.92 Å². The Morgan fingerprint density at radius 2 is 2.00 bits per heavy atom. The second kappa shape index (κ2) is 8.50. The first-order chi connectivity index (χ1) is 14.8. The second-order valence-electron chi connectivity index (χ2n) is 7.07. The molecule has 164 valence electrons. The highest BCUT2D eigenvalue weighted by molar-refractivity contribution is 7.89. The highest BCUT2D eigenvalue weighted by Gasteiger charge is 2.29. The highest BCUT2D eigenvalue weighted by atomic mass is 32.2. The number of hydrogen-bond donors (Lipinski definition) is 1. The monoisotopic (exact) mass is 462 g/mol. The van der Waals surface area contributed by atoms with Crippen LogP contribution in [0, 0.1) is 6.92 Å². The van der Waals surface area contributed by atoms with Gasteiger partial charge in [-0.1, -0.05) is 13.0 Å². The number of fused-ring (bicyclic) bond motifs is 1. The lowest BCUT2D eigenvalue weighted by molar-refractivity contribution is 0.0730. The van der Waals surface area contributed by atoms with E-state index in [1.165, 1.54) is 21.7 Å². The fourth-order valence-electron chi connectivity index (χ4n) is 3.47. The van der Waals surface area contributed by atoms with Crippen molar-refractivity contribution in [2.75, 3.05) is 31.7 Å². The third-order valence-corrected chi connectivity index (χ3v) is 7.96. The van der Waals surface area contributed by atoms with Crippen LogP contribution in [0.3, 0.4) is 0 Å². The average molecular weight is 463 g/mol. The minimum Gasteiger partial charge on any atom is -0.379 e. The van der Waals surface area contributed by atoms with Crippen LogP contribution in [0.4, 0.5) is 0 Å². The number of aryl methyl sites for hydroxylation is 2. The van der Waals surface area contributed by atoms with E-state index in [9.17, 15) is 18.0 Å². The normalized spacial score (nSPS) is 15.3. The van der Waals surface area contributed by atoms with E-state index in [2.05, 4.69) is 10.4 Å². The predicted octanol–water partition coefficient (Wildman–Crippen LogP) is 1.73. The van der Waals surface area contributed by atoms with E-state index in [-0.39, 0.29) is 29.1 Å². The maximum Gasteiger partial charge on any atom is 0.281 e. The van der Waals surface area contributed by atoms with Crippen molar-refractivity contribution in [2.24, 2.45) is 0 Å². The Hall–Kier alpha value is -2.60. The molecule has 11 heteroatoms. The number of aromatic nitrogens is 2. The zero-order chi connectivity index (χ0) is 22.2. The zero-order valence-electron chi connectivity index (χ0n) is 17.1. The summed E-state index contributed by atoms with van der Waals surface area (Å²) in [4.78, 5) is 30.7. The van der Waals surface area contributed by atoms with Crippen LogP contribution < -0.4 is 11.0 Å². The van der Waals surface area contributed by atoms with Gasteiger partial charge in [0.2, 0.25) is 10.0 Å². The Bertz CT molecular complexity index is 1310. The summed E-state index contributed by atoms with van der Waals surface area (Å²) in [6, 6.07) is 6.22. The SMILES string of the molecule is CCc1ccc(C(=O)Nn2c(C)nc3sccc3c2=O)cc1S(=O)(=O)N1CCOCC1. The molecule has 0 atom stereocenters. The van der Waals surface area contributed by atoms with Gasteiger partial charge in [0.25, 0.3) is 11.5 Å². The summed E-state index contributed by atoms with van der Waals surface area (Å²) in [5.41, 5.74) is 2.93. The number of hydrogen-bond acceptors (Lipinski definition) is 7. The van der Waals surface area contributed by atoms with E-state index >= 15 is 0 Å². The Balaban J connectivity index is 1.70. The van der Waals surface area contributed by atoms with Gasteiger partial charge in [-0.2, -0.15) is 4.31 Å². The van der Waals surface area contributed by atoms with Crippen LogP contribution in [-0.4, -0.2) is 54.6 Å². The maximum absolute atomic E-state index is 13.2. The Kier molecular flexibility index (Phi) is 5.93. The van der Waals surface area contributed by atoms with Crippen LogP contribution >= 0.6 is 11.3 Å². The summed E-state index contributed by atoms with van der Waals surface area (Å²) in [5, 5.41) is 2.17. The van der Waals surface area contributed by atoms with E-state index in [4.69, 9.17) is 4.74 Å². The molecule has 1 aromatic carbocycles. The molecule has 3 aromatic rings. The van der Waals surface area contributed by atoms with Gasteiger partial charge in [-0.15, -0.1) is 11.3 Å². The summed E-state index contributed by atoms with van der Waals surface area (Å²) in [6.45, 7) is 4.68. The molecule has 1 fully saturated rings. The van der Waals surface area contributed by atoms with Crippen LogP contribution in [0.1, 0.15) is 28.7 Å². The minimum atomic E-state index is -3.78. The van der Waals surface area contributed by atoms with E-state index in [0.29, 0.717) is 41.2 Å². The minimum absolute atomic E-state index is 0.0973. The molecule has 0 aliphatic carbocycles. The van der Waals surface area contributed by atoms with Crippen LogP contribution in [0.5, 0.6) is 0 Å². The number of carbonyl (C=O) groups is 1. The molecule has 0 unspecified atom stereocenters. The Labute approximate surface area is 183 Å². The summed E-state index contributed by atoms with van der Waals surface area (Å²) in [7, 11) is -3.78. The number of carbonyl (C=O) groups excluding carboxylic acids is 1. The van der Waals surface area contributed by atoms with Crippen molar-refractivity contribution >= 4 is 37.5 Å². The second-order valence-corrected chi connectivity index (χ2v) is 9.87. The topological polar surface area (TPSA) is 111 Å². The van der Waals surface area contributed by atoms with Gasteiger partial charge >= 0.3 is 0 Å². The molecule has 0 radical (unpaired) electrons. The van der Waals surface area contributed by atoms with Crippen molar-refractivity contribution in [3.8, 4) is 0 Å². The fraction of sp³-hybridized carbons (Fsp3) is 0.350. The number of thiophene rings is 1. The van der Waals surface area contributed by atoms with Gasteiger partial charge in [-0.05, 0) is 42.5 Å². The molecule has 9 nitrogen and oxygen atoms in total. The zero-order valence-corrected chi connectivity index (χ0v) is 18.8. The number of benzene rings is 1. The third kappa shape index (κ3) is 4.01. The number of nitrogens with zero attached hydrogens (tertiary/aromatic N) is 3. The molecule has 0 bridgehead atoms. The molecule has 1 N–H and O–H groups in total. The molecule has 0 saturated carbocycles. The van der Waals surface area contributed by atoms with Crippen LogP contribution in [0.25, 0.3) is 10.2 Å². The van der Waals surface area contributed by atoms with Crippen molar-refractivity contribution in [1.82, 2.24) is 14.0 Å². The van der Waals surface area contributed by atoms with Gasteiger partial charge in [-0.3, -0.25) is 15.0 Å². The van der Waals surface area contributed by atoms with Crippen molar-refractivity contribution in [3.05, 3.63) is 57.0 Å². The first-order valence-electron chi connectivity index (χ1n) is 9.82. The molecular formula is C20H22N4O5S2. The highest BCUT2D eigenvalue weighted by Crippen LogP contribution is 2.24. The van der Waals surface area contributed by atoms with Crippen molar-refractivity contribution < 1.29 is 17.9 Å². The van der Waals surface area contributed by atoms with Gasteiger partial charge in [0.1, 0.15) is 10.7 Å². The lowest BCUT2D eigenvalue weighted by Gasteiger charge is -2.27. The summed E-state index contributed by atoms with van der Waals surface area (Å²) in [5.74, 6) is -0.262. The predicted molar refractivity (Wildman–Crippen MR) is 118 cm³/mol. The smallest absolute Gasteiger partial charge is 0.281 e. The number of amides is 1. The average Bonchev–Trinajstić information content (AvgIpc) is 3.25. The summed E-state index contributed by atoms with van der Waals surface area (Å²) < 4.78 is 34.1. The number of morpholine rings is 1. The first-order valence-corrected chi connectivity index (χ1v) is 12.1. The number of rotatable bonds is 5. The molecule has 1 amide bonds. The number of sulfonamides is 1. The van der Waals surface area contributed by atoms with Gasteiger partial charge in [0, 0.05) is 18.7 Å². The van der Waals surface area contributed by atoms with Crippen LogP contribution in [-0.2, 0) is 21.2 Å². The molecule has 4 rings (SSSR count). The molecule has 2 aromatic heterocycles. The Morgan fingerprint density at radius 1 is 1.26 bits per heavy atom. The molecule has 1 aliphatic rings. The lowest BCUT2D eigenvalue weighted by Crippen LogP contribution is -2.41. The molecule has 31 heavy (non-hydrogen) atoms. The van der Waals surface area contributed by atoms with E-state index in [0.717, 1.165) is 4.68 Å². The molecular weight excluding hydrogens is 440 g/mol. The molecule has 1 saturated heterocycles. The third-order valence-electron chi connectivity index (χ3n) is 5.18. The molecule has 1 aliphatic heterocycles. The van der Waals surface area contributed by atoms with Gasteiger partial charge < -0.3 is 4.74 Å². The van der Waals surface area contributed by atoms with Gasteiger partial charge in [-0.25, -0.2) is 18.1 Å². The molecule has 3 heterocycles. The number of nitrogens with one attached hydrogen (secondary N) is 1. The molecule has 0 spiro atoms. The lowest BCUT2D eigenvalue weighted by atomic mass is 10.1. The van der Waals surface area contributed by atoms with Crippen LogP contribution in [0.2, 0.25) is 0 Å². The first kappa shape index (κ1) is 21.6. The Morgan fingerprint density at radius 3 is 2.71 bits per heavy atom. The van der Waals surface area contributed by atoms with Crippen molar-refractivity contribution in [2.45, 2.75) is 25.2 Å². The summed E-state index contributed by atoms with van der Waals surface area (Å²) >= 11 is 1.34. The van der Waals surface area contributed by atoms with Crippen LogP contribution in [0.15, 0.2) is 39.3 Å². The fourth-order valence-corrected chi connectivity index (χ4v) is 5.99. The maximum atomic E-state index is 13.2. The van der Waals surface area contributed by atoms with E-state index in [1.54, 1.807) is 30.5 Å². The largest absolute Gasteiger partial charge is 0.379 e.